The van der Waals surface area contributed by atoms with Gasteiger partial charge in [-0.1, -0.05) is 0 Å². The van der Waals surface area contributed by atoms with Gasteiger partial charge in [-0.05, 0) is 51.3 Å². The number of aromatic nitrogens is 3. The van der Waals surface area contributed by atoms with Gasteiger partial charge in [0.2, 0.25) is 5.95 Å². The van der Waals surface area contributed by atoms with Crippen LogP contribution in [0.25, 0.3) is 0 Å². The van der Waals surface area contributed by atoms with Gasteiger partial charge in [-0.15, -0.1) is 5.10 Å². The first-order chi connectivity index (χ1) is 12.6. The smallest absolute Gasteiger partial charge is 0.244 e. The van der Waals surface area contributed by atoms with Gasteiger partial charge in [0, 0.05) is 38.4 Å². The monoisotopic (exact) mass is 359 g/mol. The van der Waals surface area contributed by atoms with E-state index in [0.29, 0.717) is 5.95 Å². The Balaban J connectivity index is 1.52. The van der Waals surface area contributed by atoms with Crippen molar-refractivity contribution in [2.75, 3.05) is 68.5 Å². The fraction of sp³-hybridized carbons (Fsp3) is 0.500. The van der Waals surface area contributed by atoms with Crippen molar-refractivity contribution in [1.29, 1.82) is 0 Å². The van der Waals surface area contributed by atoms with Crippen LogP contribution in [0.5, 0.6) is 0 Å². The predicted octanol–water partition coefficient (Wildman–Crippen LogP) is 1.70. The second kappa shape index (κ2) is 8.75. The number of hydrogen-bond acceptors (Lipinski definition) is 7. The number of rotatable bonds is 7. The van der Waals surface area contributed by atoms with Crippen molar-refractivity contribution in [3.8, 4) is 0 Å². The summed E-state index contributed by atoms with van der Waals surface area (Å²) >= 11 is 0. The largest absolute Gasteiger partial charge is 0.368 e. The van der Waals surface area contributed by atoms with E-state index in [9.17, 15) is 4.39 Å². The molecule has 1 N–H and O–H groups in total. The van der Waals surface area contributed by atoms with Crippen molar-refractivity contribution in [3.05, 3.63) is 36.3 Å². The Labute approximate surface area is 153 Å². The lowest BCUT2D eigenvalue weighted by molar-refractivity contribution is 0.405. The molecular weight excluding hydrogens is 333 g/mol. The van der Waals surface area contributed by atoms with E-state index >= 15 is 0 Å². The van der Waals surface area contributed by atoms with Gasteiger partial charge in [-0.25, -0.2) is 4.39 Å². The van der Waals surface area contributed by atoms with Gasteiger partial charge >= 0.3 is 0 Å². The third-order valence-electron chi connectivity index (χ3n) is 4.41. The maximum Gasteiger partial charge on any atom is 0.244 e. The number of anilines is 3. The van der Waals surface area contributed by atoms with Gasteiger partial charge in [0.25, 0.3) is 0 Å². The molecule has 3 rings (SSSR count). The van der Waals surface area contributed by atoms with Crippen molar-refractivity contribution in [2.24, 2.45) is 0 Å². The van der Waals surface area contributed by atoms with Crippen molar-refractivity contribution in [3.63, 3.8) is 0 Å². The van der Waals surface area contributed by atoms with Crippen LogP contribution in [0, 0.1) is 5.82 Å². The molecule has 140 valence electrons. The second-order valence-corrected chi connectivity index (χ2v) is 6.67. The molecule has 0 saturated carbocycles. The minimum absolute atomic E-state index is 0.204. The van der Waals surface area contributed by atoms with Gasteiger partial charge in [-0.3, -0.25) is 0 Å². The van der Waals surface area contributed by atoms with Crippen molar-refractivity contribution < 1.29 is 4.39 Å². The molecule has 1 fully saturated rings. The van der Waals surface area contributed by atoms with Crippen LogP contribution < -0.4 is 15.1 Å². The average Bonchev–Trinajstić information content (AvgIpc) is 2.66. The number of piperazine rings is 1. The third-order valence-corrected chi connectivity index (χ3v) is 4.41. The van der Waals surface area contributed by atoms with E-state index in [1.54, 1.807) is 6.20 Å². The average molecular weight is 359 g/mol. The molecule has 2 heterocycles. The molecule has 0 spiro atoms. The fourth-order valence-corrected chi connectivity index (χ4v) is 2.96. The van der Waals surface area contributed by atoms with Crippen molar-refractivity contribution >= 4 is 17.5 Å². The normalized spacial score (nSPS) is 14.8. The molecule has 0 unspecified atom stereocenters. The zero-order valence-corrected chi connectivity index (χ0v) is 15.4. The topological polar surface area (TPSA) is 60.4 Å². The minimum Gasteiger partial charge on any atom is -0.368 e. The highest BCUT2D eigenvalue weighted by Gasteiger charge is 2.19. The van der Waals surface area contributed by atoms with E-state index in [1.165, 1.54) is 12.1 Å². The molecule has 0 amide bonds. The summed E-state index contributed by atoms with van der Waals surface area (Å²) in [7, 11) is 4.12. The Hall–Kier alpha value is -2.48. The quantitative estimate of drug-likeness (QED) is 0.755. The van der Waals surface area contributed by atoms with E-state index in [4.69, 9.17) is 0 Å². The molecular formula is C18H26FN7. The zero-order chi connectivity index (χ0) is 18.4. The fourth-order valence-electron chi connectivity index (χ4n) is 2.96. The molecule has 0 radical (unpaired) electrons. The van der Waals surface area contributed by atoms with Gasteiger partial charge in [0.05, 0.1) is 6.20 Å². The van der Waals surface area contributed by atoms with E-state index in [-0.39, 0.29) is 5.82 Å². The van der Waals surface area contributed by atoms with Crippen LogP contribution in [0.4, 0.5) is 21.8 Å². The van der Waals surface area contributed by atoms with E-state index < -0.39 is 0 Å². The second-order valence-electron chi connectivity index (χ2n) is 6.67. The summed E-state index contributed by atoms with van der Waals surface area (Å²) in [5, 5.41) is 11.4. The SMILES string of the molecule is CN(C)CCCNc1nncc(N2CCN(c3ccc(F)cc3)CC2)n1. The number of hydrogen-bond donors (Lipinski definition) is 1. The van der Waals surface area contributed by atoms with Crippen LogP contribution in [0.15, 0.2) is 30.5 Å². The van der Waals surface area contributed by atoms with E-state index in [2.05, 4.69) is 49.3 Å². The summed E-state index contributed by atoms with van der Waals surface area (Å²) in [6.45, 7) is 5.25. The summed E-state index contributed by atoms with van der Waals surface area (Å²) in [5.74, 6) is 1.21. The Kier molecular flexibility index (Phi) is 6.17. The zero-order valence-electron chi connectivity index (χ0n) is 15.4. The number of halogens is 1. The van der Waals surface area contributed by atoms with Crippen LogP contribution in [0.3, 0.4) is 0 Å². The summed E-state index contributed by atoms with van der Waals surface area (Å²) in [5.41, 5.74) is 1.05. The Morgan fingerprint density at radius 2 is 1.77 bits per heavy atom. The molecule has 8 heteroatoms. The maximum absolute atomic E-state index is 13.1. The van der Waals surface area contributed by atoms with Gasteiger partial charge < -0.3 is 20.0 Å². The number of nitrogens with zero attached hydrogens (tertiary/aromatic N) is 6. The molecule has 0 atom stereocenters. The van der Waals surface area contributed by atoms with E-state index in [1.807, 2.05) is 12.1 Å². The van der Waals surface area contributed by atoms with Crippen LogP contribution >= 0.6 is 0 Å². The Morgan fingerprint density at radius 1 is 1.08 bits per heavy atom. The van der Waals surface area contributed by atoms with E-state index in [0.717, 1.165) is 57.2 Å². The maximum atomic E-state index is 13.1. The highest BCUT2D eigenvalue weighted by atomic mass is 19.1. The Morgan fingerprint density at radius 3 is 2.46 bits per heavy atom. The highest BCUT2D eigenvalue weighted by molar-refractivity contribution is 5.49. The molecule has 0 bridgehead atoms. The first-order valence-electron chi connectivity index (χ1n) is 8.95. The van der Waals surface area contributed by atoms with Gasteiger partial charge in [0.15, 0.2) is 5.82 Å². The molecule has 0 aliphatic carbocycles. The lowest BCUT2D eigenvalue weighted by atomic mass is 10.2. The molecule has 1 aromatic carbocycles. The van der Waals surface area contributed by atoms with Crippen LogP contribution in [-0.2, 0) is 0 Å². The molecule has 1 aliphatic heterocycles. The van der Waals surface area contributed by atoms with Crippen LogP contribution in [-0.4, -0.2) is 73.4 Å². The summed E-state index contributed by atoms with van der Waals surface area (Å²) in [4.78, 5) is 11.2. The van der Waals surface area contributed by atoms with Crippen LogP contribution in [0.2, 0.25) is 0 Å². The molecule has 26 heavy (non-hydrogen) atoms. The first kappa shape index (κ1) is 18.3. The third kappa shape index (κ3) is 5.01. The van der Waals surface area contributed by atoms with Crippen molar-refractivity contribution in [1.82, 2.24) is 20.1 Å². The molecule has 2 aromatic rings. The van der Waals surface area contributed by atoms with Crippen LogP contribution in [0.1, 0.15) is 6.42 Å². The Bertz CT molecular complexity index is 684. The van der Waals surface area contributed by atoms with Gasteiger partial charge in [-0.2, -0.15) is 10.1 Å². The lowest BCUT2D eigenvalue weighted by Crippen LogP contribution is -2.47. The molecule has 7 nitrogen and oxygen atoms in total. The summed E-state index contributed by atoms with van der Waals surface area (Å²) in [6.07, 6.45) is 2.73. The minimum atomic E-state index is -0.204. The first-order valence-corrected chi connectivity index (χ1v) is 8.95. The van der Waals surface area contributed by atoms with Gasteiger partial charge in [0.1, 0.15) is 5.82 Å². The summed E-state index contributed by atoms with van der Waals surface area (Å²) in [6, 6.07) is 6.66. The predicted molar refractivity (Wildman–Crippen MR) is 102 cm³/mol. The molecule has 1 aromatic heterocycles. The summed E-state index contributed by atoms with van der Waals surface area (Å²) < 4.78 is 13.1. The standard InChI is InChI=1S/C18H26FN7/c1-24(2)9-3-8-20-18-22-17(14-21-23-18)26-12-10-25(11-13-26)16-6-4-15(19)5-7-16/h4-7,14H,3,8-13H2,1-2H3,(H,20,22,23). The highest BCUT2D eigenvalue weighted by Crippen LogP contribution is 2.19. The molecule has 1 aliphatic rings. The number of benzene rings is 1. The molecule has 1 saturated heterocycles. The lowest BCUT2D eigenvalue weighted by Gasteiger charge is -2.36. The van der Waals surface area contributed by atoms with Crippen molar-refractivity contribution in [2.45, 2.75) is 6.42 Å². The number of nitrogens with one attached hydrogen (secondary N) is 1.